The van der Waals surface area contributed by atoms with Gasteiger partial charge in [-0.15, -0.1) is 0 Å². The highest BCUT2D eigenvalue weighted by Gasteiger charge is 2.32. The molecule has 7 heteroatoms. The second-order valence-electron chi connectivity index (χ2n) is 5.44. The second-order valence-corrected chi connectivity index (χ2v) is 5.44. The number of nitriles is 1. The number of urea groups is 1. The average molecular weight is 281 g/mol. The van der Waals surface area contributed by atoms with Crippen LogP contribution in [0.15, 0.2) is 0 Å². The molecule has 1 rings (SSSR count). The Labute approximate surface area is 119 Å². The third-order valence-corrected chi connectivity index (χ3v) is 3.77. The third kappa shape index (κ3) is 3.92. The Morgan fingerprint density at radius 1 is 1.25 bits per heavy atom. The first-order chi connectivity index (χ1) is 9.31. The zero-order valence-corrected chi connectivity index (χ0v) is 12.6. The summed E-state index contributed by atoms with van der Waals surface area (Å²) in [7, 11) is 1.47. The molecular weight excluding hydrogens is 258 g/mol. The lowest BCUT2D eigenvalue weighted by molar-refractivity contribution is -0.125. The summed E-state index contributed by atoms with van der Waals surface area (Å²) < 4.78 is 0. The van der Waals surface area contributed by atoms with Gasteiger partial charge >= 0.3 is 6.03 Å². The molecule has 1 saturated heterocycles. The van der Waals surface area contributed by atoms with E-state index < -0.39 is 11.6 Å². The van der Waals surface area contributed by atoms with Crippen molar-refractivity contribution in [1.29, 1.82) is 5.26 Å². The minimum absolute atomic E-state index is 0.308. The molecule has 0 saturated carbocycles. The third-order valence-electron chi connectivity index (χ3n) is 3.77. The van der Waals surface area contributed by atoms with Crippen molar-refractivity contribution in [2.24, 2.45) is 0 Å². The van der Waals surface area contributed by atoms with E-state index in [1.807, 2.05) is 18.7 Å². The topological polar surface area (TPSA) is 88.5 Å². The van der Waals surface area contributed by atoms with E-state index in [-0.39, 0.29) is 11.9 Å². The number of nitrogens with one attached hydrogen (secondary N) is 2. The van der Waals surface area contributed by atoms with Crippen LogP contribution in [0.4, 0.5) is 4.79 Å². The van der Waals surface area contributed by atoms with Crippen LogP contribution in [0, 0.1) is 11.3 Å². The largest absolute Gasteiger partial charge is 0.341 e. The summed E-state index contributed by atoms with van der Waals surface area (Å²) in [6.07, 6.45) is 0. The first-order valence-electron chi connectivity index (χ1n) is 6.74. The Balaban J connectivity index is 2.51. The van der Waals surface area contributed by atoms with Crippen LogP contribution in [0.25, 0.3) is 0 Å². The van der Waals surface area contributed by atoms with Crippen LogP contribution in [-0.4, -0.2) is 66.5 Å². The second kappa shape index (κ2) is 6.68. The molecule has 0 aliphatic carbocycles. The fourth-order valence-corrected chi connectivity index (χ4v) is 2.18. The maximum absolute atomic E-state index is 11.9. The van der Waals surface area contributed by atoms with Crippen LogP contribution in [0.5, 0.6) is 0 Å². The van der Waals surface area contributed by atoms with E-state index in [0.717, 1.165) is 13.1 Å². The predicted molar refractivity (Wildman–Crippen MR) is 74.9 cm³/mol. The van der Waals surface area contributed by atoms with Crippen molar-refractivity contribution in [2.45, 2.75) is 32.4 Å². The standard InChI is InChI=1S/C13H23N5O2/c1-10(11(19)16-12(20)15-4)17-5-7-18(8-6-17)13(2,3)9-14/h10H,5-8H2,1-4H3,(H2,15,16,19,20). The van der Waals surface area contributed by atoms with Gasteiger partial charge in [-0.25, -0.2) is 4.79 Å². The van der Waals surface area contributed by atoms with E-state index in [2.05, 4.69) is 21.6 Å². The first kappa shape index (κ1) is 16.4. The fraction of sp³-hybridized carbons (Fsp3) is 0.769. The molecule has 112 valence electrons. The molecule has 1 unspecified atom stereocenters. The number of piperazine rings is 1. The van der Waals surface area contributed by atoms with Crippen molar-refractivity contribution < 1.29 is 9.59 Å². The molecule has 20 heavy (non-hydrogen) atoms. The van der Waals surface area contributed by atoms with Gasteiger partial charge < -0.3 is 5.32 Å². The lowest BCUT2D eigenvalue weighted by Gasteiger charge is -2.42. The van der Waals surface area contributed by atoms with Crippen LogP contribution >= 0.6 is 0 Å². The number of nitrogens with zero attached hydrogens (tertiary/aromatic N) is 3. The first-order valence-corrected chi connectivity index (χ1v) is 6.74. The highest BCUT2D eigenvalue weighted by atomic mass is 16.2. The lowest BCUT2D eigenvalue weighted by atomic mass is 10.0. The number of rotatable bonds is 3. The Kier molecular flexibility index (Phi) is 5.48. The molecule has 1 aliphatic rings. The summed E-state index contributed by atoms with van der Waals surface area (Å²) in [4.78, 5) is 27.1. The van der Waals surface area contributed by atoms with Crippen molar-refractivity contribution in [2.75, 3.05) is 33.2 Å². The minimum atomic E-state index is -0.494. The van der Waals surface area contributed by atoms with Gasteiger partial charge in [0.2, 0.25) is 5.91 Å². The summed E-state index contributed by atoms with van der Waals surface area (Å²) in [5.74, 6) is -0.308. The van der Waals surface area contributed by atoms with Gasteiger partial charge in [-0.3, -0.25) is 19.9 Å². The Hall–Kier alpha value is -1.65. The van der Waals surface area contributed by atoms with E-state index in [0.29, 0.717) is 13.1 Å². The SMILES string of the molecule is CNC(=O)NC(=O)C(C)N1CCN(C(C)(C)C#N)CC1. The Bertz CT molecular complexity index is 407. The Morgan fingerprint density at radius 2 is 1.80 bits per heavy atom. The summed E-state index contributed by atoms with van der Waals surface area (Å²) in [5.41, 5.74) is -0.486. The van der Waals surface area contributed by atoms with Gasteiger partial charge in [0.1, 0.15) is 5.54 Å². The van der Waals surface area contributed by atoms with Crippen molar-refractivity contribution in [3.05, 3.63) is 0 Å². The van der Waals surface area contributed by atoms with Gasteiger partial charge in [-0.1, -0.05) is 0 Å². The number of carbonyl (C=O) groups is 2. The molecule has 7 nitrogen and oxygen atoms in total. The van der Waals surface area contributed by atoms with Crippen LogP contribution in [-0.2, 0) is 4.79 Å². The molecule has 1 aliphatic heterocycles. The van der Waals surface area contributed by atoms with E-state index >= 15 is 0 Å². The Morgan fingerprint density at radius 3 is 2.25 bits per heavy atom. The van der Waals surface area contributed by atoms with Crippen molar-refractivity contribution in [1.82, 2.24) is 20.4 Å². The van der Waals surface area contributed by atoms with Gasteiger partial charge in [0.15, 0.2) is 0 Å². The average Bonchev–Trinajstić information content (AvgIpc) is 2.46. The van der Waals surface area contributed by atoms with E-state index in [4.69, 9.17) is 5.26 Å². The molecule has 1 atom stereocenters. The molecule has 0 bridgehead atoms. The molecule has 0 spiro atoms. The molecule has 0 aromatic heterocycles. The summed E-state index contributed by atoms with van der Waals surface area (Å²) >= 11 is 0. The minimum Gasteiger partial charge on any atom is -0.341 e. The highest BCUT2D eigenvalue weighted by molar-refractivity contribution is 5.96. The number of imide groups is 1. The lowest BCUT2D eigenvalue weighted by Crippen LogP contribution is -2.58. The fourth-order valence-electron chi connectivity index (χ4n) is 2.18. The number of amides is 3. The molecule has 3 amide bonds. The van der Waals surface area contributed by atoms with E-state index in [9.17, 15) is 9.59 Å². The summed E-state index contributed by atoms with van der Waals surface area (Å²) in [5, 5.41) is 13.8. The van der Waals surface area contributed by atoms with Gasteiger partial charge in [-0.2, -0.15) is 5.26 Å². The van der Waals surface area contributed by atoms with Crippen molar-refractivity contribution in [3.8, 4) is 6.07 Å². The van der Waals surface area contributed by atoms with Gasteiger partial charge in [-0.05, 0) is 20.8 Å². The number of carbonyl (C=O) groups excluding carboxylic acids is 2. The molecule has 0 aromatic carbocycles. The van der Waals surface area contributed by atoms with Crippen LogP contribution in [0.1, 0.15) is 20.8 Å². The van der Waals surface area contributed by atoms with Crippen molar-refractivity contribution in [3.63, 3.8) is 0 Å². The van der Waals surface area contributed by atoms with Crippen LogP contribution in [0.2, 0.25) is 0 Å². The predicted octanol–water partition coefficient (Wildman–Crippen LogP) is -0.250. The smallest absolute Gasteiger partial charge is 0.321 e. The molecule has 1 fully saturated rings. The zero-order chi connectivity index (χ0) is 15.3. The normalized spacial score (nSPS) is 18.9. The highest BCUT2D eigenvalue weighted by Crippen LogP contribution is 2.16. The molecule has 0 radical (unpaired) electrons. The maximum Gasteiger partial charge on any atom is 0.321 e. The maximum atomic E-state index is 11.9. The quantitative estimate of drug-likeness (QED) is 0.745. The molecule has 1 heterocycles. The zero-order valence-electron chi connectivity index (χ0n) is 12.6. The van der Waals surface area contributed by atoms with E-state index in [1.54, 1.807) is 6.92 Å². The molecule has 0 aromatic rings. The van der Waals surface area contributed by atoms with E-state index in [1.165, 1.54) is 7.05 Å². The number of hydrogen-bond donors (Lipinski definition) is 2. The van der Waals surface area contributed by atoms with Crippen LogP contribution in [0.3, 0.4) is 0 Å². The van der Waals surface area contributed by atoms with Gasteiger partial charge in [0, 0.05) is 33.2 Å². The number of hydrogen-bond acceptors (Lipinski definition) is 5. The molecular formula is C13H23N5O2. The monoisotopic (exact) mass is 281 g/mol. The summed E-state index contributed by atoms with van der Waals surface area (Å²) in [6.45, 7) is 8.44. The van der Waals surface area contributed by atoms with Crippen molar-refractivity contribution >= 4 is 11.9 Å². The van der Waals surface area contributed by atoms with Gasteiger partial charge in [0.25, 0.3) is 0 Å². The summed E-state index contributed by atoms with van der Waals surface area (Å²) in [6, 6.07) is 1.43. The van der Waals surface area contributed by atoms with Crippen LogP contribution < -0.4 is 10.6 Å². The molecule has 2 N–H and O–H groups in total. The van der Waals surface area contributed by atoms with Gasteiger partial charge in [0.05, 0.1) is 12.1 Å².